The van der Waals surface area contributed by atoms with Gasteiger partial charge in [0, 0.05) is 37.6 Å². The first-order chi connectivity index (χ1) is 11.4. The van der Waals surface area contributed by atoms with Crippen LogP contribution in [0.5, 0.6) is 0 Å². The summed E-state index contributed by atoms with van der Waals surface area (Å²) in [4.78, 5) is 18.0. The second-order valence-corrected chi connectivity index (χ2v) is 8.15. The number of nitrogens with zero attached hydrogens (tertiary/aromatic N) is 2. The van der Waals surface area contributed by atoms with Crippen LogP contribution in [0.3, 0.4) is 0 Å². The fourth-order valence-electron chi connectivity index (χ4n) is 2.98. The van der Waals surface area contributed by atoms with E-state index in [0.717, 1.165) is 32.8 Å². The number of aryl methyl sites for hydroxylation is 1. The minimum Gasteiger partial charge on any atom is -0.374 e. The van der Waals surface area contributed by atoms with E-state index in [9.17, 15) is 4.79 Å². The highest BCUT2D eigenvalue weighted by Crippen LogP contribution is 2.16. The minimum absolute atomic E-state index is 0.0660. The standard InChI is InChI=1S/C18H31N3O2S/c1-14(2)10-21-6-7-23-16(11-21)9-19-18(22)13-20(4)12-17-15(3)5-8-24-17/h5,8,14,16H,6-7,9-13H2,1-4H3,(H,19,22). The number of thiophene rings is 1. The van der Waals surface area contributed by atoms with Gasteiger partial charge in [0.2, 0.25) is 5.91 Å². The van der Waals surface area contributed by atoms with Gasteiger partial charge in [-0.2, -0.15) is 0 Å². The van der Waals surface area contributed by atoms with Crippen LogP contribution in [0, 0.1) is 12.8 Å². The maximum absolute atomic E-state index is 12.2. The van der Waals surface area contributed by atoms with Crippen molar-refractivity contribution in [1.29, 1.82) is 0 Å². The third-order valence-corrected chi connectivity index (χ3v) is 5.18. The summed E-state index contributed by atoms with van der Waals surface area (Å²) >= 11 is 1.75. The molecule has 1 unspecified atom stereocenters. The highest BCUT2D eigenvalue weighted by atomic mass is 32.1. The number of carbonyl (C=O) groups excluding carboxylic acids is 1. The first-order valence-corrected chi connectivity index (χ1v) is 9.64. The molecule has 0 saturated carbocycles. The summed E-state index contributed by atoms with van der Waals surface area (Å²) in [6.45, 7) is 12.2. The van der Waals surface area contributed by atoms with Gasteiger partial charge in [-0.15, -0.1) is 11.3 Å². The normalized spacial score (nSPS) is 19.2. The fraction of sp³-hybridized carbons (Fsp3) is 0.722. The number of ether oxygens (including phenoxy) is 1. The summed E-state index contributed by atoms with van der Waals surface area (Å²) in [6, 6.07) is 2.12. The lowest BCUT2D eigenvalue weighted by atomic mass is 10.2. The number of carbonyl (C=O) groups is 1. The molecule has 0 radical (unpaired) electrons. The Balaban J connectivity index is 1.68. The Bertz CT molecular complexity index is 518. The van der Waals surface area contributed by atoms with Crippen molar-refractivity contribution in [3.8, 4) is 0 Å². The molecule has 1 fully saturated rings. The van der Waals surface area contributed by atoms with E-state index in [1.807, 2.05) is 7.05 Å². The molecular weight excluding hydrogens is 322 g/mol. The molecule has 1 aliphatic rings. The van der Waals surface area contributed by atoms with Crippen molar-refractivity contribution >= 4 is 17.2 Å². The Kier molecular flexibility index (Phi) is 7.68. The largest absolute Gasteiger partial charge is 0.374 e. The molecule has 6 heteroatoms. The van der Waals surface area contributed by atoms with E-state index in [1.54, 1.807) is 11.3 Å². The molecule has 0 spiro atoms. The predicted octanol–water partition coefficient (Wildman–Crippen LogP) is 1.96. The predicted molar refractivity (Wildman–Crippen MR) is 99.4 cm³/mol. The number of amides is 1. The monoisotopic (exact) mass is 353 g/mol. The minimum atomic E-state index is 0.0660. The summed E-state index contributed by atoms with van der Waals surface area (Å²) < 4.78 is 5.78. The second-order valence-electron chi connectivity index (χ2n) is 7.15. The van der Waals surface area contributed by atoms with Crippen LogP contribution in [0.2, 0.25) is 0 Å². The third kappa shape index (κ3) is 6.51. The van der Waals surface area contributed by atoms with Crippen LogP contribution in [-0.2, 0) is 16.1 Å². The molecule has 1 aromatic rings. The lowest BCUT2D eigenvalue weighted by Gasteiger charge is -2.34. The first kappa shape index (κ1) is 19.4. The van der Waals surface area contributed by atoms with Gasteiger partial charge in [0.1, 0.15) is 0 Å². The number of likely N-dealkylation sites (N-methyl/N-ethyl adjacent to an activating group) is 1. The summed E-state index contributed by atoms with van der Waals surface area (Å²) in [5, 5.41) is 5.12. The molecule has 1 N–H and O–H groups in total. The lowest BCUT2D eigenvalue weighted by Crippen LogP contribution is -2.49. The maximum Gasteiger partial charge on any atom is 0.234 e. The lowest BCUT2D eigenvalue weighted by molar-refractivity contribution is -0.123. The molecule has 136 valence electrons. The van der Waals surface area contributed by atoms with E-state index in [2.05, 4.69) is 47.3 Å². The van der Waals surface area contributed by atoms with Crippen LogP contribution >= 0.6 is 11.3 Å². The van der Waals surface area contributed by atoms with Crippen LogP contribution in [0.25, 0.3) is 0 Å². The zero-order chi connectivity index (χ0) is 17.5. The molecule has 1 amide bonds. The third-order valence-electron chi connectivity index (χ3n) is 4.17. The Morgan fingerprint density at radius 3 is 3.00 bits per heavy atom. The Morgan fingerprint density at radius 1 is 1.54 bits per heavy atom. The first-order valence-electron chi connectivity index (χ1n) is 8.76. The van der Waals surface area contributed by atoms with Gasteiger partial charge in [-0.1, -0.05) is 13.8 Å². The van der Waals surface area contributed by atoms with Crippen LogP contribution in [0.1, 0.15) is 24.3 Å². The van der Waals surface area contributed by atoms with Crippen molar-refractivity contribution in [2.75, 3.05) is 46.4 Å². The summed E-state index contributed by atoms with van der Waals surface area (Å²) in [5.41, 5.74) is 1.30. The van der Waals surface area contributed by atoms with E-state index in [0.29, 0.717) is 19.0 Å². The van der Waals surface area contributed by atoms with Crippen LogP contribution in [-0.4, -0.2) is 68.2 Å². The van der Waals surface area contributed by atoms with Crippen molar-refractivity contribution in [3.05, 3.63) is 21.9 Å². The molecule has 1 saturated heterocycles. The van der Waals surface area contributed by atoms with E-state index in [-0.39, 0.29) is 12.0 Å². The molecule has 5 nitrogen and oxygen atoms in total. The van der Waals surface area contributed by atoms with Crippen LogP contribution < -0.4 is 5.32 Å². The average Bonchev–Trinajstić information content (AvgIpc) is 2.90. The van der Waals surface area contributed by atoms with E-state index >= 15 is 0 Å². The van der Waals surface area contributed by atoms with E-state index in [1.165, 1.54) is 10.4 Å². The molecule has 0 bridgehead atoms. The van der Waals surface area contributed by atoms with Gasteiger partial charge in [-0.25, -0.2) is 0 Å². The highest BCUT2D eigenvalue weighted by Gasteiger charge is 2.21. The van der Waals surface area contributed by atoms with Crippen molar-refractivity contribution < 1.29 is 9.53 Å². The Labute approximate surface area is 150 Å². The van der Waals surface area contributed by atoms with Crippen LogP contribution in [0.4, 0.5) is 0 Å². The summed E-state index contributed by atoms with van der Waals surface area (Å²) in [6.07, 6.45) is 0.103. The molecule has 0 aromatic carbocycles. The van der Waals surface area contributed by atoms with Gasteiger partial charge in [-0.3, -0.25) is 14.6 Å². The smallest absolute Gasteiger partial charge is 0.234 e. The van der Waals surface area contributed by atoms with Crippen molar-refractivity contribution in [1.82, 2.24) is 15.1 Å². The molecule has 24 heavy (non-hydrogen) atoms. The topological polar surface area (TPSA) is 44.8 Å². The van der Waals surface area contributed by atoms with E-state index < -0.39 is 0 Å². The zero-order valence-electron chi connectivity index (χ0n) is 15.4. The number of hydrogen-bond acceptors (Lipinski definition) is 5. The zero-order valence-corrected chi connectivity index (χ0v) is 16.2. The SMILES string of the molecule is Cc1ccsc1CN(C)CC(=O)NCC1CN(CC(C)C)CCO1. The Hall–Kier alpha value is -0.950. The number of nitrogens with one attached hydrogen (secondary N) is 1. The van der Waals surface area contributed by atoms with E-state index in [4.69, 9.17) is 4.74 Å². The number of morpholine rings is 1. The van der Waals surface area contributed by atoms with Crippen LogP contribution in [0.15, 0.2) is 11.4 Å². The van der Waals surface area contributed by atoms with Crippen molar-refractivity contribution in [3.63, 3.8) is 0 Å². The Morgan fingerprint density at radius 2 is 2.33 bits per heavy atom. The molecule has 0 aliphatic carbocycles. The second kappa shape index (κ2) is 9.51. The number of hydrogen-bond donors (Lipinski definition) is 1. The van der Waals surface area contributed by atoms with Gasteiger partial charge >= 0.3 is 0 Å². The quantitative estimate of drug-likeness (QED) is 0.776. The number of rotatable bonds is 8. The van der Waals surface area contributed by atoms with Gasteiger partial charge in [0.15, 0.2) is 0 Å². The average molecular weight is 354 g/mol. The maximum atomic E-state index is 12.2. The highest BCUT2D eigenvalue weighted by molar-refractivity contribution is 7.10. The molecule has 2 heterocycles. The summed E-state index contributed by atoms with van der Waals surface area (Å²) in [5.74, 6) is 0.726. The van der Waals surface area contributed by atoms with Crippen molar-refractivity contribution in [2.45, 2.75) is 33.4 Å². The van der Waals surface area contributed by atoms with Gasteiger partial charge in [0.25, 0.3) is 0 Å². The van der Waals surface area contributed by atoms with Gasteiger partial charge < -0.3 is 10.1 Å². The molecule has 2 rings (SSSR count). The van der Waals surface area contributed by atoms with Gasteiger partial charge in [0.05, 0.1) is 19.3 Å². The molecule has 1 aromatic heterocycles. The summed E-state index contributed by atoms with van der Waals surface area (Å²) in [7, 11) is 1.99. The molecule has 1 aliphatic heterocycles. The fourth-order valence-corrected chi connectivity index (χ4v) is 3.97. The molecular formula is C18H31N3O2S. The van der Waals surface area contributed by atoms with Crippen molar-refractivity contribution in [2.24, 2.45) is 5.92 Å². The molecule has 1 atom stereocenters. The van der Waals surface area contributed by atoms with Gasteiger partial charge in [-0.05, 0) is 36.9 Å².